The fourth-order valence-corrected chi connectivity index (χ4v) is 3.32. The Hall–Kier alpha value is -3.15. The van der Waals surface area contributed by atoms with E-state index in [9.17, 15) is 9.59 Å². The van der Waals surface area contributed by atoms with Crippen molar-refractivity contribution < 1.29 is 4.79 Å². The van der Waals surface area contributed by atoms with Gasteiger partial charge in [0.25, 0.3) is 11.5 Å². The van der Waals surface area contributed by atoms with Gasteiger partial charge in [0.15, 0.2) is 0 Å². The van der Waals surface area contributed by atoms with Crippen molar-refractivity contribution in [3.63, 3.8) is 0 Å². The quantitative estimate of drug-likeness (QED) is 0.625. The van der Waals surface area contributed by atoms with E-state index in [4.69, 9.17) is 0 Å². The Morgan fingerprint density at radius 1 is 1.17 bits per heavy atom. The van der Waals surface area contributed by atoms with Crippen molar-refractivity contribution in [2.24, 2.45) is 0 Å². The third-order valence-corrected chi connectivity index (χ3v) is 5.13. The summed E-state index contributed by atoms with van der Waals surface area (Å²) in [5.41, 5.74) is 2.49. The molecule has 1 aromatic carbocycles. The Kier molecular flexibility index (Phi) is 6.32. The number of imidazole rings is 1. The Morgan fingerprint density at radius 2 is 1.97 bits per heavy atom. The molecule has 3 aromatic rings. The molecular weight excluding hydrogens is 364 g/mol. The highest BCUT2D eigenvalue weighted by molar-refractivity contribution is 5.95. The van der Waals surface area contributed by atoms with Gasteiger partial charge in [-0.3, -0.25) is 14.2 Å². The normalized spacial score (nSPS) is 11.1. The van der Waals surface area contributed by atoms with Crippen LogP contribution in [0.4, 0.5) is 0 Å². The van der Waals surface area contributed by atoms with Crippen molar-refractivity contribution in [1.29, 1.82) is 0 Å². The average Bonchev–Trinajstić information content (AvgIpc) is 3.10. The fourth-order valence-electron chi connectivity index (χ4n) is 3.32. The lowest BCUT2D eigenvalue weighted by Gasteiger charge is -2.13. The number of hydrogen-bond acceptors (Lipinski definition) is 3. The minimum atomic E-state index is -0.329. The van der Waals surface area contributed by atoms with Crippen molar-refractivity contribution in [3.8, 4) is 5.69 Å². The first-order valence-electron chi connectivity index (χ1n) is 9.97. The number of nitrogens with zero attached hydrogens (tertiary/aromatic N) is 3. The van der Waals surface area contributed by atoms with E-state index >= 15 is 0 Å². The summed E-state index contributed by atoms with van der Waals surface area (Å²) < 4.78 is 3.58. The maximum absolute atomic E-state index is 13.1. The first-order chi connectivity index (χ1) is 13.9. The number of aromatic nitrogens is 3. The second-order valence-electron chi connectivity index (χ2n) is 7.58. The second kappa shape index (κ2) is 8.90. The van der Waals surface area contributed by atoms with Crippen LogP contribution in [0.25, 0.3) is 5.69 Å². The number of hydrogen-bond donors (Lipinski definition) is 1. The van der Waals surface area contributed by atoms with Crippen LogP contribution in [-0.4, -0.2) is 26.6 Å². The maximum Gasteiger partial charge on any atom is 0.268 e. The van der Waals surface area contributed by atoms with E-state index in [1.807, 2.05) is 48.0 Å². The molecular formula is C23H28N4O2. The van der Waals surface area contributed by atoms with Gasteiger partial charge in [0.1, 0.15) is 11.4 Å². The molecule has 0 radical (unpaired) electrons. The largest absolute Gasteiger partial charge is 0.352 e. The first kappa shape index (κ1) is 20.6. The molecule has 29 heavy (non-hydrogen) atoms. The van der Waals surface area contributed by atoms with Gasteiger partial charge in [-0.2, -0.15) is 0 Å². The van der Waals surface area contributed by atoms with Gasteiger partial charge in [-0.05, 0) is 55.5 Å². The van der Waals surface area contributed by atoms with Crippen LogP contribution in [-0.2, 0) is 6.54 Å². The minimum absolute atomic E-state index is 0.196. The zero-order valence-electron chi connectivity index (χ0n) is 17.5. The van der Waals surface area contributed by atoms with E-state index in [0.717, 1.165) is 30.0 Å². The van der Waals surface area contributed by atoms with Crippen molar-refractivity contribution in [1.82, 2.24) is 19.4 Å². The molecule has 0 bridgehead atoms. The van der Waals surface area contributed by atoms with Gasteiger partial charge >= 0.3 is 0 Å². The average molecular weight is 393 g/mol. The summed E-state index contributed by atoms with van der Waals surface area (Å²) in [6, 6.07) is 9.68. The lowest BCUT2D eigenvalue weighted by Crippen LogP contribution is -2.34. The van der Waals surface area contributed by atoms with Crippen LogP contribution in [0.1, 0.15) is 53.5 Å². The Labute approximate surface area is 171 Å². The fraction of sp³-hybridized carbons (Fsp3) is 0.348. The zero-order valence-corrected chi connectivity index (χ0v) is 17.5. The monoisotopic (exact) mass is 392 g/mol. The molecule has 0 saturated heterocycles. The van der Waals surface area contributed by atoms with Gasteiger partial charge in [0, 0.05) is 37.4 Å². The molecule has 2 aromatic heterocycles. The van der Waals surface area contributed by atoms with Gasteiger partial charge in [-0.15, -0.1) is 0 Å². The predicted molar refractivity (Wildman–Crippen MR) is 115 cm³/mol. The van der Waals surface area contributed by atoms with Crippen LogP contribution in [0.5, 0.6) is 0 Å². The third kappa shape index (κ3) is 4.65. The van der Waals surface area contributed by atoms with Gasteiger partial charge in [-0.1, -0.05) is 26.0 Å². The molecule has 2 heterocycles. The number of amides is 1. The summed E-state index contributed by atoms with van der Waals surface area (Å²) >= 11 is 0. The molecule has 0 fully saturated rings. The van der Waals surface area contributed by atoms with Crippen LogP contribution in [0.15, 0.2) is 53.7 Å². The highest BCUT2D eigenvalue weighted by Gasteiger charge is 2.16. The number of rotatable bonds is 7. The van der Waals surface area contributed by atoms with E-state index in [2.05, 4.69) is 24.1 Å². The lowest BCUT2D eigenvalue weighted by atomic mass is 10.0. The molecule has 0 aliphatic carbocycles. The SMILES string of the molecule is Cc1ccn(-c2cccc(C(C)C)c2)c(=O)c1C(=O)NCCCn1ccnc1C. The number of carbonyl (C=O) groups is 1. The molecule has 0 spiro atoms. The lowest BCUT2D eigenvalue weighted by molar-refractivity contribution is 0.0950. The number of aryl methyl sites for hydroxylation is 3. The molecule has 0 aliphatic heterocycles. The number of nitrogens with one attached hydrogen (secondary N) is 1. The zero-order chi connectivity index (χ0) is 21.0. The standard InChI is InChI=1S/C23H28N4O2/c1-16(2)19-7-5-8-20(15-19)27-13-9-17(3)21(23(27)29)22(28)25-10-6-12-26-14-11-24-18(26)4/h5,7-9,11,13-16H,6,10,12H2,1-4H3,(H,25,28). The summed E-state index contributed by atoms with van der Waals surface area (Å²) in [7, 11) is 0. The molecule has 1 N–H and O–H groups in total. The van der Waals surface area contributed by atoms with E-state index in [-0.39, 0.29) is 17.0 Å². The second-order valence-corrected chi connectivity index (χ2v) is 7.58. The third-order valence-electron chi connectivity index (χ3n) is 5.13. The van der Waals surface area contributed by atoms with Crippen LogP contribution in [0, 0.1) is 13.8 Å². The molecule has 6 nitrogen and oxygen atoms in total. The Morgan fingerprint density at radius 3 is 2.66 bits per heavy atom. The predicted octanol–water partition coefficient (Wildman–Crippen LogP) is 3.59. The molecule has 152 valence electrons. The number of benzene rings is 1. The van der Waals surface area contributed by atoms with E-state index in [1.165, 1.54) is 0 Å². The highest BCUT2D eigenvalue weighted by atomic mass is 16.2. The minimum Gasteiger partial charge on any atom is -0.352 e. The van der Waals surface area contributed by atoms with Gasteiger partial charge in [-0.25, -0.2) is 4.98 Å². The van der Waals surface area contributed by atoms with E-state index in [1.54, 1.807) is 23.9 Å². The van der Waals surface area contributed by atoms with Gasteiger partial charge in [0.2, 0.25) is 0 Å². The summed E-state index contributed by atoms with van der Waals surface area (Å²) in [6.45, 7) is 9.23. The molecule has 0 atom stereocenters. The first-order valence-corrected chi connectivity index (χ1v) is 9.97. The van der Waals surface area contributed by atoms with E-state index < -0.39 is 0 Å². The maximum atomic E-state index is 13.1. The summed E-state index contributed by atoms with van der Waals surface area (Å²) in [6.07, 6.45) is 6.18. The summed E-state index contributed by atoms with van der Waals surface area (Å²) in [5, 5.41) is 2.88. The van der Waals surface area contributed by atoms with Crippen molar-refractivity contribution in [2.45, 2.75) is 46.6 Å². The van der Waals surface area contributed by atoms with Crippen LogP contribution in [0.3, 0.4) is 0 Å². The number of pyridine rings is 1. The van der Waals surface area contributed by atoms with Crippen LogP contribution >= 0.6 is 0 Å². The van der Waals surface area contributed by atoms with Gasteiger partial charge in [0.05, 0.1) is 0 Å². The smallest absolute Gasteiger partial charge is 0.268 e. The molecule has 0 aliphatic rings. The van der Waals surface area contributed by atoms with Crippen molar-refractivity contribution in [3.05, 3.63) is 81.8 Å². The highest BCUT2D eigenvalue weighted by Crippen LogP contribution is 2.17. The molecule has 0 unspecified atom stereocenters. The van der Waals surface area contributed by atoms with Crippen LogP contribution < -0.4 is 10.9 Å². The van der Waals surface area contributed by atoms with Crippen molar-refractivity contribution >= 4 is 5.91 Å². The summed E-state index contributed by atoms with van der Waals surface area (Å²) in [4.78, 5) is 30.0. The molecule has 1 amide bonds. The van der Waals surface area contributed by atoms with Crippen molar-refractivity contribution in [2.75, 3.05) is 6.54 Å². The molecule has 6 heteroatoms. The molecule has 3 rings (SSSR count). The Bertz CT molecular complexity index is 1060. The topological polar surface area (TPSA) is 68.9 Å². The van der Waals surface area contributed by atoms with Crippen LogP contribution in [0.2, 0.25) is 0 Å². The number of carbonyl (C=O) groups excluding carboxylic acids is 1. The summed E-state index contributed by atoms with van der Waals surface area (Å²) in [5.74, 6) is 0.976. The Balaban J connectivity index is 1.76. The van der Waals surface area contributed by atoms with E-state index in [0.29, 0.717) is 18.0 Å². The van der Waals surface area contributed by atoms with Gasteiger partial charge < -0.3 is 9.88 Å². The molecule has 0 saturated carbocycles.